The van der Waals surface area contributed by atoms with Gasteiger partial charge in [0.1, 0.15) is 0 Å². The number of hydrogen-bond donors (Lipinski definition) is 1. The molecule has 100 valence electrons. The van der Waals surface area contributed by atoms with Gasteiger partial charge in [-0.05, 0) is 53.0 Å². The van der Waals surface area contributed by atoms with Crippen molar-refractivity contribution in [2.24, 2.45) is 0 Å². The molecule has 0 unspecified atom stereocenters. The van der Waals surface area contributed by atoms with E-state index in [-0.39, 0.29) is 5.02 Å². The molecule has 0 saturated heterocycles. The highest BCUT2D eigenvalue weighted by molar-refractivity contribution is 9.10. The lowest BCUT2D eigenvalue weighted by atomic mass is 10.0. The number of anilines is 1. The molecule has 0 saturated carbocycles. The SMILES string of the molecule is CNc1nnc(-c2ccc(Br)c(Cl)c2F)c(C)c1C. The van der Waals surface area contributed by atoms with Crippen molar-refractivity contribution >= 4 is 33.3 Å². The molecule has 0 aliphatic rings. The van der Waals surface area contributed by atoms with Crippen LogP contribution in [0.15, 0.2) is 16.6 Å². The Morgan fingerprint density at radius 2 is 1.89 bits per heavy atom. The first-order valence-electron chi connectivity index (χ1n) is 5.62. The van der Waals surface area contributed by atoms with Crippen molar-refractivity contribution < 1.29 is 4.39 Å². The zero-order valence-electron chi connectivity index (χ0n) is 10.7. The minimum absolute atomic E-state index is 0.0500. The van der Waals surface area contributed by atoms with E-state index >= 15 is 0 Å². The van der Waals surface area contributed by atoms with Crippen LogP contribution in [0, 0.1) is 19.7 Å². The number of nitrogens with zero attached hydrogens (tertiary/aromatic N) is 2. The lowest BCUT2D eigenvalue weighted by Gasteiger charge is -2.12. The van der Waals surface area contributed by atoms with Gasteiger partial charge in [0.25, 0.3) is 0 Å². The summed E-state index contributed by atoms with van der Waals surface area (Å²) >= 11 is 9.09. The molecular weight excluding hydrogens is 333 g/mol. The second kappa shape index (κ2) is 5.43. The summed E-state index contributed by atoms with van der Waals surface area (Å²) in [4.78, 5) is 0. The van der Waals surface area contributed by atoms with Gasteiger partial charge in [-0.1, -0.05) is 11.6 Å². The van der Waals surface area contributed by atoms with Crippen molar-refractivity contribution in [1.82, 2.24) is 10.2 Å². The van der Waals surface area contributed by atoms with Crippen LogP contribution >= 0.6 is 27.5 Å². The molecule has 0 radical (unpaired) electrons. The lowest BCUT2D eigenvalue weighted by molar-refractivity contribution is 0.629. The van der Waals surface area contributed by atoms with Crippen LogP contribution in [0.2, 0.25) is 5.02 Å². The predicted octanol–water partition coefficient (Wildman–Crippen LogP) is 4.36. The van der Waals surface area contributed by atoms with Gasteiger partial charge >= 0.3 is 0 Å². The molecule has 0 aliphatic heterocycles. The summed E-state index contributed by atoms with van der Waals surface area (Å²) in [7, 11) is 1.77. The Labute approximate surface area is 124 Å². The molecule has 19 heavy (non-hydrogen) atoms. The van der Waals surface area contributed by atoms with E-state index in [0.29, 0.717) is 21.5 Å². The Balaban J connectivity index is 2.67. The van der Waals surface area contributed by atoms with Crippen molar-refractivity contribution in [3.63, 3.8) is 0 Å². The van der Waals surface area contributed by atoms with Crippen molar-refractivity contribution in [1.29, 1.82) is 0 Å². The minimum atomic E-state index is -0.495. The summed E-state index contributed by atoms with van der Waals surface area (Å²) in [6.45, 7) is 3.80. The molecule has 6 heteroatoms. The highest BCUT2D eigenvalue weighted by Gasteiger charge is 2.17. The summed E-state index contributed by atoms with van der Waals surface area (Å²) in [6.07, 6.45) is 0. The van der Waals surface area contributed by atoms with E-state index in [0.717, 1.165) is 11.1 Å². The standard InChI is InChI=1S/C13H12BrClFN3/c1-6-7(2)13(17-3)19-18-12(6)8-4-5-9(14)10(15)11(8)16/h4-5H,1-3H3,(H,17,19). The summed E-state index contributed by atoms with van der Waals surface area (Å²) in [5.41, 5.74) is 2.66. The van der Waals surface area contributed by atoms with E-state index < -0.39 is 5.82 Å². The van der Waals surface area contributed by atoms with Crippen LogP contribution < -0.4 is 5.32 Å². The molecule has 0 atom stereocenters. The quantitative estimate of drug-likeness (QED) is 0.823. The molecular formula is C13H12BrClFN3. The van der Waals surface area contributed by atoms with Gasteiger partial charge in [-0.3, -0.25) is 0 Å². The normalized spacial score (nSPS) is 10.6. The van der Waals surface area contributed by atoms with E-state index in [2.05, 4.69) is 31.4 Å². The second-order valence-electron chi connectivity index (χ2n) is 4.12. The maximum Gasteiger partial charge on any atom is 0.152 e. The molecule has 2 rings (SSSR count). The Morgan fingerprint density at radius 3 is 2.53 bits per heavy atom. The summed E-state index contributed by atoms with van der Waals surface area (Å²) in [6, 6.07) is 3.34. The van der Waals surface area contributed by atoms with Crippen LogP contribution in [-0.4, -0.2) is 17.2 Å². The lowest BCUT2D eigenvalue weighted by Crippen LogP contribution is -2.03. The van der Waals surface area contributed by atoms with E-state index in [9.17, 15) is 4.39 Å². The monoisotopic (exact) mass is 343 g/mol. The average Bonchev–Trinajstić information content (AvgIpc) is 2.40. The van der Waals surface area contributed by atoms with E-state index in [4.69, 9.17) is 11.6 Å². The van der Waals surface area contributed by atoms with Crippen LogP contribution in [0.5, 0.6) is 0 Å². The van der Waals surface area contributed by atoms with Gasteiger partial charge in [-0.25, -0.2) is 4.39 Å². The van der Waals surface area contributed by atoms with Crippen molar-refractivity contribution in [3.8, 4) is 11.3 Å². The van der Waals surface area contributed by atoms with Crippen molar-refractivity contribution in [2.45, 2.75) is 13.8 Å². The van der Waals surface area contributed by atoms with E-state index in [1.165, 1.54) is 0 Å². The Hall–Kier alpha value is -1.20. The number of aromatic nitrogens is 2. The minimum Gasteiger partial charge on any atom is -0.371 e. The molecule has 1 aromatic heterocycles. The Kier molecular flexibility index (Phi) is 4.06. The van der Waals surface area contributed by atoms with E-state index in [1.807, 2.05) is 13.8 Å². The van der Waals surface area contributed by atoms with E-state index in [1.54, 1.807) is 19.2 Å². The molecule has 0 amide bonds. The smallest absolute Gasteiger partial charge is 0.152 e. The first-order valence-corrected chi connectivity index (χ1v) is 6.80. The maximum atomic E-state index is 14.2. The fourth-order valence-corrected chi connectivity index (χ4v) is 2.28. The number of benzene rings is 1. The summed E-state index contributed by atoms with van der Waals surface area (Å²) in [5, 5.41) is 11.1. The molecule has 0 bridgehead atoms. The topological polar surface area (TPSA) is 37.8 Å². The maximum absolute atomic E-state index is 14.2. The van der Waals surface area contributed by atoms with Gasteiger partial charge in [0.2, 0.25) is 0 Å². The average molecular weight is 345 g/mol. The van der Waals surface area contributed by atoms with Gasteiger partial charge < -0.3 is 5.32 Å². The molecule has 1 heterocycles. The van der Waals surface area contributed by atoms with Gasteiger partial charge in [0.15, 0.2) is 11.6 Å². The highest BCUT2D eigenvalue weighted by Crippen LogP contribution is 2.34. The largest absolute Gasteiger partial charge is 0.371 e. The summed E-state index contributed by atoms with van der Waals surface area (Å²) < 4.78 is 14.7. The molecule has 0 aliphatic carbocycles. The van der Waals surface area contributed by atoms with Gasteiger partial charge in [-0.15, -0.1) is 10.2 Å². The Bertz CT molecular complexity index is 646. The van der Waals surface area contributed by atoms with Crippen LogP contribution in [0.3, 0.4) is 0 Å². The first kappa shape index (κ1) is 14.2. The van der Waals surface area contributed by atoms with Crippen LogP contribution in [-0.2, 0) is 0 Å². The third-order valence-electron chi connectivity index (χ3n) is 3.05. The zero-order chi connectivity index (χ0) is 14.2. The van der Waals surface area contributed by atoms with Crippen molar-refractivity contribution in [2.75, 3.05) is 12.4 Å². The fraction of sp³-hybridized carbons (Fsp3) is 0.231. The third kappa shape index (κ3) is 2.44. The zero-order valence-corrected chi connectivity index (χ0v) is 13.0. The fourth-order valence-electron chi connectivity index (χ4n) is 1.81. The van der Waals surface area contributed by atoms with Crippen LogP contribution in [0.1, 0.15) is 11.1 Å². The molecule has 3 nitrogen and oxygen atoms in total. The summed E-state index contributed by atoms with van der Waals surface area (Å²) in [5.74, 6) is 0.190. The number of nitrogens with one attached hydrogen (secondary N) is 1. The first-order chi connectivity index (χ1) is 8.97. The van der Waals surface area contributed by atoms with Gasteiger partial charge in [0.05, 0.1) is 10.7 Å². The second-order valence-corrected chi connectivity index (χ2v) is 5.35. The van der Waals surface area contributed by atoms with Crippen LogP contribution in [0.25, 0.3) is 11.3 Å². The Morgan fingerprint density at radius 1 is 1.21 bits per heavy atom. The molecule has 0 spiro atoms. The molecule has 0 fully saturated rings. The predicted molar refractivity (Wildman–Crippen MR) is 79.2 cm³/mol. The molecule has 1 N–H and O–H groups in total. The number of hydrogen-bond acceptors (Lipinski definition) is 3. The third-order valence-corrected chi connectivity index (χ3v) is 4.31. The highest BCUT2D eigenvalue weighted by atomic mass is 79.9. The van der Waals surface area contributed by atoms with Crippen LogP contribution in [0.4, 0.5) is 10.2 Å². The number of halogens is 3. The van der Waals surface area contributed by atoms with Gasteiger partial charge in [0, 0.05) is 17.1 Å². The van der Waals surface area contributed by atoms with Gasteiger partial charge in [-0.2, -0.15) is 0 Å². The molecule has 1 aromatic carbocycles. The molecule has 2 aromatic rings. The number of rotatable bonds is 2. The van der Waals surface area contributed by atoms with Crippen molar-refractivity contribution in [3.05, 3.63) is 38.6 Å².